The summed E-state index contributed by atoms with van der Waals surface area (Å²) in [4.78, 5) is 0. The summed E-state index contributed by atoms with van der Waals surface area (Å²) in [5, 5.41) is 1.36. The van der Waals surface area contributed by atoms with Crippen LogP contribution in [0.1, 0.15) is 36.8 Å². The quantitative estimate of drug-likeness (QED) is 0.696. The summed E-state index contributed by atoms with van der Waals surface area (Å²) >= 11 is 12.6. The van der Waals surface area contributed by atoms with E-state index in [4.69, 9.17) is 28.9 Å². The summed E-state index contributed by atoms with van der Waals surface area (Å²) in [5.41, 5.74) is 10.3. The highest BCUT2D eigenvalue weighted by atomic mass is 79.9. The Labute approximate surface area is 163 Å². The highest BCUT2D eigenvalue weighted by Crippen LogP contribution is 2.46. The zero-order valence-electron chi connectivity index (χ0n) is 13.2. The smallest absolute Gasteiger partial charge is 0.258 e. The minimum absolute atomic E-state index is 0. The molecule has 2 N–H and O–H groups in total. The van der Waals surface area contributed by atoms with Crippen LogP contribution in [-0.4, -0.2) is 10.4 Å². The van der Waals surface area contributed by atoms with Gasteiger partial charge in [0.2, 0.25) is 0 Å². The topological polar surface area (TPSA) is 29.0 Å². The molecule has 126 valence electrons. The zero-order chi connectivity index (χ0) is 16.0. The average Bonchev–Trinajstić information content (AvgIpc) is 3.04. The fourth-order valence-electron chi connectivity index (χ4n) is 4.19. The van der Waals surface area contributed by atoms with Crippen LogP contribution in [0.4, 0.5) is 5.69 Å². The summed E-state index contributed by atoms with van der Waals surface area (Å²) < 4.78 is 2.15. The van der Waals surface area contributed by atoms with Crippen molar-refractivity contribution in [2.45, 2.75) is 37.6 Å². The lowest BCUT2D eigenvalue weighted by Gasteiger charge is -2.34. The van der Waals surface area contributed by atoms with Gasteiger partial charge in [-0.1, -0.05) is 60.3 Å². The molecule has 2 aromatic carbocycles. The summed E-state index contributed by atoms with van der Waals surface area (Å²) in [6.45, 7) is 0.740. The van der Waals surface area contributed by atoms with Crippen molar-refractivity contribution in [1.29, 1.82) is 0 Å². The van der Waals surface area contributed by atoms with Gasteiger partial charge in [-0.15, -0.1) is 0 Å². The number of rotatable bonds is 1. The SMILES string of the molecule is NC1=[N+](c2cc(Cl)ccc2Cl)Cc2ccccc2C12CCCC2.[Br-]. The molecule has 1 spiro atoms. The molecule has 1 aliphatic heterocycles. The van der Waals surface area contributed by atoms with Crippen molar-refractivity contribution >= 4 is 34.7 Å². The molecule has 0 aromatic heterocycles. The fourth-order valence-corrected chi connectivity index (χ4v) is 4.57. The largest absolute Gasteiger partial charge is 1.00 e. The molecule has 24 heavy (non-hydrogen) atoms. The summed E-state index contributed by atoms with van der Waals surface area (Å²) in [5.74, 6) is 0.915. The number of fused-ring (bicyclic) bond motifs is 2. The number of nitrogens with zero attached hydrogens (tertiary/aromatic N) is 1. The molecular formula is C19H19BrCl2N2. The van der Waals surface area contributed by atoms with Gasteiger partial charge >= 0.3 is 0 Å². The average molecular weight is 426 g/mol. The van der Waals surface area contributed by atoms with E-state index >= 15 is 0 Å². The Hall–Kier alpha value is -1.03. The van der Waals surface area contributed by atoms with Crippen molar-refractivity contribution in [3.63, 3.8) is 0 Å². The third-order valence-electron chi connectivity index (χ3n) is 5.30. The van der Waals surface area contributed by atoms with Crippen LogP contribution >= 0.6 is 23.2 Å². The van der Waals surface area contributed by atoms with Gasteiger partial charge in [0.25, 0.3) is 5.84 Å². The van der Waals surface area contributed by atoms with E-state index in [1.54, 1.807) is 0 Å². The molecule has 5 heteroatoms. The first-order chi connectivity index (χ1) is 11.1. The van der Waals surface area contributed by atoms with Crippen molar-refractivity contribution in [2.24, 2.45) is 5.73 Å². The summed E-state index contributed by atoms with van der Waals surface area (Å²) in [6, 6.07) is 14.2. The molecule has 1 aliphatic carbocycles. The molecule has 4 rings (SSSR count). The van der Waals surface area contributed by atoms with E-state index in [2.05, 4.69) is 28.8 Å². The third-order valence-corrected chi connectivity index (χ3v) is 5.85. The van der Waals surface area contributed by atoms with Crippen molar-refractivity contribution in [3.8, 4) is 0 Å². The molecule has 0 bridgehead atoms. The second-order valence-electron chi connectivity index (χ2n) is 6.51. The van der Waals surface area contributed by atoms with Crippen LogP contribution in [0.2, 0.25) is 10.0 Å². The predicted molar refractivity (Wildman–Crippen MR) is 95.9 cm³/mol. The lowest BCUT2D eigenvalue weighted by atomic mass is 9.73. The molecule has 1 fully saturated rings. The Morgan fingerprint density at radius 1 is 1.00 bits per heavy atom. The van der Waals surface area contributed by atoms with Crippen LogP contribution in [0.15, 0.2) is 42.5 Å². The van der Waals surface area contributed by atoms with Gasteiger partial charge in [0.15, 0.2) is 0 Å². The van der Waals surface area contributed by atoms with Gasteiger partial charge in [-0.3, -0.25) is 5.73 Å². The number of hydrogen-bond donors (Lipinski definition) is 1. The van der Waals surface area contributed by atoms with E-state index in [0.717, 1.165) is 30.9 Å². The molecule has 1 saturated carbocycles. The molecule has 0 atom stereocenters. The molecule has 0 saturated heterocycles. The van der Waals surface area contributed by atoms with Gasteiger partial charge in [-0.2, -0.15) is 0 Å². The van der Waals surface area contributed by atoms with Gasteiger partial charge in [0.1, 0.15) is 12.2 Å². The van der Waals surface area contributed by atoms with E-state index in [1.807, 2.05) is 18.2 Å². The van der Waals surface area contributed by atoms with E-state index in [-0.39, 0.29) is 22.4 Å². The fraction of sp³-hybridized carbons (Fsp3) is 0.316. The molecular weight excluding hydrogens is 407 g/mol. The number of benzene rings is 2. The van der Waals surface area contributed by atoms with E-state index in [0.29, 0.717) is 10.0 Å². The van der Waals surface area contributed by atoms with Crippen LogP contribution in [0.25, 0.3) is 0 Å². The van der Waals surface area contributed by atoms with Gasteiger partial charge in [-0.05, 0) is 36.1 Å². The molecule has 0 amide bonds. The molecule has 0 unspecified atom stereocenters. The first-order valence-corrected chi connectivity index (χ1v) is 8.81. The maximum atomic E-state index is 6.73. The number of nitrogens with two attached hydrogens (primary N) is 1. The van der Waals surface area contributed by atoms with Crippen LogP contribution in [0.3, 0.4) is 0 Å². The second-order valence-corrected chi connectivity index (χ2v) is 7.36. The summed E-state index contributed by atoms with van der Waals surface area (Å²) in [6.07, 6.45) is 4.63. The standard InChI is InChI=1S/C19H18Cl2N2.BrH/c20-14-7-8-16(21)17(11-14)23-12-13-5-1-2-6-15(13)19(18(23)22)9-3-4-10-19;/h1-2,5-8,11,22H,3-4,9-10,12H2;1H. The molecule has 1 heterocycles. The molecule has 2 nitrogen and oxygen atoms in total. The highest BCUT2D eigenvalue weighted by Gasteiger charge is 2.48. The minimum Gasteiger partial charge on any atom is -1.00 e. The lowest BCUT2D eigenvalue weighted by Crippen LogP contribution is -3.00. The van der Waals surface area contributed by atoms with Crippen molar-refractivity contribution < 1.29 is 21.6 Å². The Morgan fingerprint density at radius 3 is 2.46 bits per heavy atom. The Bertz CT molecular complexity index is 811. The van der Waals surface area contributed by atoms with Crippen molar-refractivity contribution in [2.75, 3.05) is 0 Å². The van der Waals surface area contributed by atoms with Crippen LogP contribution in [0.5, 0.6) is 0 Å². The highest BCUT2D eigenvalue weighted by molar-refractivity contribution is 6.34. The normalized spacial score (nSPS) is 18.4. The molecule has 2 aliphatic rings. The van der Waals surface area contributed by atoms with Gasteiger partial charge in [-0.25, -0.2) is 4.58 Å². The predicted octanol–water partition coefficient (Wildman–Crippen LogP) is 2.02. The summed E-state index contributed by atoms with van der Waals surface area (Å²) in [7, 11) is 0. The molecule has 0 radical (unpaired) electrons. The Balaban J connectivity index is 0.00000169. The van der Waals surface area contributed by atoms with Crippen LogP contribution < -0.4 is 22.7 Å². The first kappa shape index (κ1) is 17.8. The minimum atomic E-state index is -0.0551. The Morgan fingerprint density at radius 2 is 1.71 bits per heavy atom. The zero-order valence-corrected chi connectivity index (χ0v) is 16.3. The molecule has 2 aromatic rings. The van der Waals surface area contributed by atoms with E-state index in [1.165, 1.54) is 24.0 Å². The van der Waals surface area contributed by atoms with Gasteiger partial charge in [0, 0.05) is 11.1 Å². The number of halogens is 3. The van der Waals surface area contributed by atoms with E-state index in [9.17, 15) is 0 Å². The number of amidine groups is 1. The maximum absolute atomic E-state index is 6.73. The third kappa shape index (κ3) is 2.67. The first-order valence-electron chi connectivity index (χ1n) is 8.06. The lowest BCUT2D eigenvalue weighted by molar-refractivity contribution is -0.465. The number of hydrogen-bond acceptors (Lipinski definition) is 1. The van der Waals surface area contributed by atoms with Crippen molar-refractivity contribution in [1.82, 2.24) is 0 Å². The van der Waals surface area contributed by atoms with Crippen LogP contribution in [-0.2, 0) is 12.0 Å². The monoisotopic (exact) mass is 424 g/mol. The van der Waals surface area contributed by atoms with Crippen molar-refractivity contribution in [3.05, 3.63) is 63.6 Å². The van der Waals surface area contributed by atoms with E-state index < -0.39 is 0 Å². The van der Waals surface area contributed by atoms with Gasteiger partial charge < -0.3 is 17.0 Å². The second kappa shape index (κ2) is 6.70. The Kier molecular flexibility index (Phi) is 4.96. The van der Waals surface area contributed by atoms with Crippen LogP contribution in [0, 0.1) is 0 Å². The van der Waals surface area contributed by atoms with Gasteiger partial charge in [0.05, 0.1) is 10.4 Å². The maximum Gasteiger partial charge on any atom is 0.258 e.